The molecule has 6 heteroatoms. The van der Waals surface area contributed by atoms with Crippen molar-refractivity contribution in [2.24, 2.45) is 0 Å². The van der Waals surface area contributed by atoms with Gasteiger partial charge in [0.2, 0.25) is 0 Å². The second-order valence-corrected chi connectivity index (χ2v) is 17.4. The first-order valence-corrected chi connectivity index (χ1v) is 26.1. The zero-order chi connectivity index (χ0) is 44.4. The average Bonchev–Trinajstić information content (AvgIpc) is 3.26. The molecule has 0 rings (SSSR count). The van der Waals surface area contributed by atoms with Gasteiger partial charge in [-0.25, -0.2) is 0 Å². The SMILES string of the molecule is CC/C=C\C/C=C\C/C=C\C/C=C\CCCCCCCCCCCCCCC(=O)OCC(COC(=O)CCCCCCCCC)OC(=O)CCCCCCCCCCCCC. The summed E-state index contributed by atoms with van der Waals surface area (Å²) in [6.07, 6.45) is 59.8. The number of hydrogen-bond donors (Lipinski definition) is 0. The van der Waals surface area contributed by atoms with E-state index in [2.05, 4.69) is 69.4 Å². The van der Waals surface area contributed by atoms with Crippen molar-refractivity contribution >= 4 is 17.9 Å². The number of unbranched alkanes of at least 4 members (excludes halogenated alkanes) is 28. The van der Waals surface area contributed by atoms with Crippen LogP contribution in [0.5, 0.6) is 0 Å². The van der Waals surface area contributed by atoms with E-state index in [1.54, 1.807) is 0 Å². The Morgan fingerprint density at radius 3 is 1.00 bits per heavy atom. The molecule has 0 fully saturated rings. The smallest absolute Gasteiger partial charge is 0.306 e. The maximum absolute atomic E-state index is 12.7. The molecule has 1 atom stereocenters. The minimum absolute atomic E-state index is 0.0701. The van der Waals surface area contributed by atoms with Gasteiger partial charge in [0, 0.05) is 19.3 Å². The van der Waals surface area contributed by atoms with Gasteiger partial charge >= 0.3 is 17.9 Å². The first kappa shape index (κ1) is 58.4. The summed E-state index contributed by atoms with van der Waals surface area (Å²) < 4.78 is 16.7. The third-order valence-electron chi connectivity index (χ3n) is 11.3. The van der Waals surface area contributed by atoms with Crippen LogP contribution in [0.4, 0.5) is 0 Å². The lowest BCUT2D eigenvalue weighted by Crippen LogP contribution is -2.30. The first-order chi connectivity index (χ1) is 30.0. The molecular weight excluding hydrogens is 757 g/mol. The lowest BCUT2D eigenvalue weighted by molar-refractivity contribution is -0.167. The molecule has 0 aliphatic carbocycles. The largest absolute Gasteiger partial charge is 0.462 e. The van der Waals surface area contributed by atoms with Gasteiger partial charge in [0.05, 0.1) is 0 Å². The van der Waals surface area contributed by atoms with E-state index in [0.29, 0.717) is 19.3 Å². The quantitative estimate of drug-likeness (QED) is 0.0263. The van der Waals surface area contributed by atoms with Crippen molar-refractivity contribution in [2.75, 3.05) is 13.2 Å². The molecule has 0 bridgehead atoms. The Hall–Kier alpha value is -2.63. The fraction of sp³-hybridized carbons (Fsp3) is 0.800. The van der Waals surface area contributed by atoms with Crippen LogP contribution in [0.15, 0.2) is 48.6 Å². The Kier molecular flexibility index (Phi) is 47.9. The second-order valence-electron chi connectivity index (χ2n) is 17.4. The molecule has 0 amide bonds. The highest BCUT2D eigenvalue weighted by Gasteiger charge is 2.19. The molecule has 0 radical (unpaired) electrons. The molecule has 0 aliphatic heterocycles. The van der Waals surface area contributed by atoms with Crippen LogP contribution < -0.4 is 0 Å². The van der Waals surface area contributed by atoms with E-state index < -0.39 is 6.10 Å². The third kappa shape index (κ3) is 48.3. The molecule has 6 nitrogen and oxygen atoms in total. The molecule has 0 aromatic heterocycles. The number of rotatable bonds is 47. The lowest BCUT2D eigenvalue weighted by Gasteiger charge is -2.18. The molecule has 0 aromatic carbocycles. The molecule has 354 valence electrons. The molecule has 0 aromatic rings. The third-order valence-corrected chi connectivity index (χ3v) is 11.3. The number of carbonyl (C=O) groups is 3. The van der Waals surface area contributed by atoms with E-state index in [-0.39, 0.29) is 31.1 Å². The number of ether oxygens (including phenoxy) is 3. The molecular formula is C55H98O6. The van der Waals surface area contributed by atoms with Crippen molar-refractivity contribution in [3.63, 3.8) is 0 Å². The summed E-state index contributed by atoms with van der Waals surface area (Å²) >= 11 is 0. The van der Waals surface area contributed by atoms with E-state index in [0.717, 1.165) is 83.5 Å². The Labute approximate surface area is 378 Å². The molecule has 61 heavy (non-hydrogen) atoms. The van der Waals surface area contributed by atoms with Crippen LogP contribution >= 0.6 is 0 Å². The Bertz CT molecular complexity index is 1070. The first-order valence-electron chi connectivity index (χ1n) is 26.1. The van der Waals surface area contributed by atoms with Crippen LogP contribution in [0.1, 0.15) is 265 Å². The van der Waals surface area contributed by atoms with Crippen LogP contribution in [0.25, 0.3) is 0 Å². The Balaban J connectivity index is 4.10. The maximum Gasteiger partial charge on any atom is 0.306 e. The molecule has 0 aliphatic rings. The number of carbonyl (C=O) groups excluding carboxylic acids is 3. The van der Waals surface area contributed by atoms with Crippen molar-refractivity contribution in [3.05, 3.63) is 48.6 Å². The maximum atomic E-state index is 12.7. The average molecular weight is 855 g/mol. The number of esters is 3. The Morgan fingerprint density at radius 1 is 0.344 bits per heavy atom. The molecule has 0 N–H and O–H groups in total. The Morgan fingerprint density at radius 2 is 0.639 bits per heavy atom. The molecule has 0 heterocycles. The minimum atomic E-state index is -0.766. The van der Waals surface area contributed by atoms with Gasteiger partial charge in [-0.05, 0) is 57.8 Å². The zero-order valence-corrected chi connectivity index (χ0v) is 40.4. The molecule has 0 saturated carbocycles. The standard InChI is InChI=1S/C55H98O6/c1-4-7-10-13-16-18-20-21-22-23-24-25-26-27-28-29-30-31-32-33-35-36-39-42-45-48-54(57)60-51-52(50-59-53(56)47-44-41-38-15-12-9-6-3)61-55(58)49-46-43-40-37-34-19-17-14-11-8-5-2/h7,10,16,18,21-22,24-25,52H,4-6,8-9,11-15,17,19-20,23,26-51H2,1-3H3/b10-7-,18-16-,22-21-,25-24-. The highest BCUT2D eigenvalue weighted by atomic mass is 16.6. The topological polar surface area (TPSA) is 78.9 Å². The van der Waals surface area contributed by atoms with Crippen molar-refractivity contribution in [1.29, 1.82) is 0 Å². The summed E-state index contributed by atoms with van der Waals surface area (Å²) in [6, 6.07) is 0. The molecule has 0 saturated heterocycles. The van der Waals surface area contributed by atoms with Crippen molar-refractivity contribution in [2.45, 2.75) is 271 Å². The highest BCUT2D eigenvalue weighted by Crippen LogP contribution is 2.16. The van der Waals surface area contributed by atoms with Gasteiger partial charge in [0.25, 0.3) is 0 Å². The molecule has 1 unspecified atom stereocenters. The normalized spacial score (nSPS) is 12.4. The fourth-order valence-corrected chi connectivity index (χ4v) is 7.43. The number of allylic oxidation sites excluding steroid dienone is 8. The van der Waals surface area contributed by atoms with E-state index >= 15 is 0 Å². The summed E-state index contributed by atoms with van der Waals surface area (Å²) in [5, 5.41) is 0. The summed E-state index contributed by atoms with van der Waals surface area (Å²) in [7, 11) is 0. The van der Waals surface area contributed by atoms with Crippen molar-refractivity contribution in [1.82, 2.24) is 0 Å². The van der Waals surface area contributed by atoms with Crippen LogP contribution in [-0.2, 0) is 28.6 Å². The summed E-state index contributed by atoms with van der Waals surface area (Å²) in [4.78, 5) is 37.7. The van der Waals surface area contributed by atoms with Crippen molar-refractivity contribution in [3.8, 4) is 0 Å². The van der Waals surface area contributed by atoms with E-state index in [1.807, 2.05) is 0 Å². The fourth-order valence-electron chi connectivity index (χ4n) is 7.43. The van der Waals surface area contributed by atoms with Crippen LogP contribution in [0.2, 0.25) is 0 Å². The van der Waals surface area contributed by atoms with Gasteiger partial charge in [0.1, 0.15) is 13.2 Å². The predicted octanol–water partition coefficient (Wildman–Crippen LogP) is 17.1. The summed E-state index contributed by atoms with van der Waals surface area (Å²) in [6.45, 7) is 6.49. The zero-order valence-electron chi connectivity index (χ0n) is 40.4. The van der Waals surface area contributed by atoms with Gasteiger partial charge in [0.15, 0.2) is 6.10 Å². The minimum Gasteiger partial charge on any atom is -0.462 e. The van der Waals surface area contributed by atoms with Crippen LogP contribution in [0, 0.1) is 0 Å². The van der Waals surface area contributed by atoms with E-state index in [1.165, 1.54) is 141 Å². The summed E-state index contributed by atoms with van der Waals surface area (Å²) in [5.74, 6) is -0.872. The molecule has 0 spiro atoms. The highest BCUT2D eigenvalue weighted by molar-refractivity contribution is 5.71. The van der Waals surface area contributed by atoms with Gasteiger partial charge < -0.3 is 14.2 Å². The van der Waals surface area contributed by atoms with Gasteiger partial charge in [-0.1, -0.05) is 236 Å². The van der Waals surface area contributed by atoms with Crippen LogP contribution in [-0.4, -0.2) is 37.2 Å². The number of hydrogen-bond acceptors (Lipinski definition) is 6. The van der Waals surface area contributed by atoms with Gasteiger partial charge in [-0.15, -0.1) is 0 Å². The summed E-state index contributed by atoms with van der Waals surface area (Å²) in [5.41, 5.74) is 0. The monoisotopic (exact) mass is 855 g/mol. The lowest BCUT2D eigenvalue weighted by atomic mass is 10.0. The second kappa shape index (κ2) is 50.0. The predicted molar refractivity (Wildman–Crippen MR) is 261 cm³/mol. The van der Waals surface area contributed by atoms with Crippen molar-refractivity contribution < 1.29 is 28.6 Å². The van der Waals surface area contributed by atoms with E-state index in [9.17, 15) is 14.4 Å². The van der Waals surface area contributed by atoms with Gasteiger partial charge in [-0.3, -0.25) is 14.4 Å². The van der Waals surface area contributed by atoms with E-state index in [4.69, 9.17) is 14.2 Å². The van der Waals surface area contributed by atoms with Crippen LogP contribution in [0.3, 0.4) is 0 Å². The van der Waals surface area contributed by atoms with Gasteiger partial charge in [-0.2, -0.15) is 0 Å².